The van der Waals surface area contributed by atoms with Crippen LogP contribution in [0.3, 0.4) is 0 Å². The number of carbonyl (C=O) groups is 1. The maximum absolute atomic E-state index is 12.9. The predicted octanol–water partition coefficient (Wildman–Crippen LogP) is 0.948. The molecular weight excluding hydrogens is 256 g/mol. The van der Waals surface area contributed by atoms with Crippen molar-refractivity contribution in [2.75, 3.05) is 27.2 Å². The lowest BCUT2D eigenvalue weighted by molar-refractivity contribution is -0.146. The van der Waals surface area contributed by atoms with Crippen molar-refractivity contribution in [2.45, 2.75) is 39.7 Å². The molecule has 0 aromatic rings. The number of nitrogens with zero attached hydrogens (tertiary/aromatic N) is 3. The Labute approximate surface area is 121 Å². The normalized spacial score (nSPS) is 28.1. The van der Waals surface area contributed by atoms with E-state index < -0.39 is 5.41 Å². The Kier molecular flexibility index (Phi) is 5.39. The Morgan fingerprint density at radius 3 is 2.40 bits per heavy atom. The van der Waals surface area contributed by atoms with Crippen molar-refractivity contribution in [3.8, 4) is 0 Å². The highest BCUT2D eigenvalue weighted by molar-refractivity contribution is 6.07. The largest absolute Gasteiger partial charge is 0.409 e. The van der Waals surface area contributed by atoms with Gasteiger partial charge in [-0.3, -0.25) is 4.79 Å². The van der Waals surface area contributed by atoms with E-state index in [1.807, 2.05) is 32.8 Å². The number of likely N-dealkylation sites (N-methyl/N-ethyl adjacent to an activating group) is 2. The number of carbonyl (C=O) groups excluding carboxylic acids is 1. The van der Waals surface area contributed by atoms with Gasteiger partial charge in [0.2, 0.25) is 5.91 Å². The standard InChI is InChI=1S/C14H28N4O2/c1-6-18(11(3)9-17(4)5)13(19)14(12(15)16-20)7-10(2)8-14/h10-11,20H,6-9H2,1-5H3,(H2,15,16). The minimum Gasteiger partial charge on any atom is -0.409 e. The molecule has 0 aromatic heterocycles. The molecular formula is C14H28N4O2. The van der Waals surface area contributed by atoms with Gasteiger partial charge in [0.25, 0.3) is 0 Å². The van der Waals surface area contributed by atoms with Crippen LogP contribution in [-0.4, -0.2) is 60.0 Å². The zero-order valence-corrected chi connectivity index (χ0v) is 13.3. The molecule has 1 fully saturated rings. The van der Waals surface area contributed by atoms with Gasteiger partial charge in [-0.05, 0) is 46.7 Å². The first-order valence-electron chi connectivity index (χ1n) is 7.22. The molecule has 1 unspecified atom stereocenters. The van der Waals surface area contributed by atoms with Gasteiger partial charge in [-0.1, -0.05) is 12.1 Å². The van der Waals surface area contributed by atoms with Gasteiger partial charge in [0.05, 0.1) is 0 Å². The topological polar surface area (TPSA) is 82.2 Å². The van der Waals surface area contributed by atoms with Crippen molar-refractivity contribution in [2.24, 2.45) is 22.2 Å². The first kappa shape index (κ1) is 16.8. The fourth-order valence-corrected chi connectivity index (χ4v) is 3.28. The van der Waals surface area contributed by atoms with Crippen molar-refractivity contribution in [3.63, 3.8) is 0 Å². The number of nitrogens with two attached hydrogens (primary N) is 1. The van der Waals surface area contributed by atoms with Crippen LogP contribution in [0, 0.1) is 11.3 Å². The second kappa shape index (κ2) is 6.43. The number of rotatable bonds is 6. The van der Waals surface area contributed by atoms with E-state index in [2.05, 4.69) is 17.0 Å². The first-order valence-corrected chi connectivity index (χ1v) is 7.22. The van der Waals surface area contributed by atoms with E-state index in [4.69, 9.17) is 10.9 Å². The molecule has 6 nitrogen and oxygen atoms in total. The Morgan fingerprint density at radius 2 is 2.05 bits per heavy atom. The second-order valence-electron chi connectivity index (χ2n) is 6.28. The highest BCUT2D eigenvalue weighted by Crippen LogP contribution is 2.47. The molecule has 0 radical (unpaired) electrons. The molecule has 3 N–H and O–H groups in total. The summed E-state index contributed by atoms with van der Waals surface area (Å²) >= 11 is 0. The molecule has 0 saturated heterocycles. The summed E-state index contributed by atoms with van der Waals surface area (Å²) in [6.07, 6.45) is 1.32. The van der Waals surface area contributed by atoms with E-state index in [1.165, 1.54) is 0 Å². The molecule has 116 valence electrons. The van der Waals surface area contributed by atoms with Crippen LogP contribution in [0.5, 0.6) is 0 Å². The summed E-state index contributed by atoms with van der Waals surface area (Å²) in [5.41, 5.74) is 5.01. The van der Waals surface area contributed by atoms with Crippen LogP contribution >= 0.6 is 0 Å². The first-order chi connectivity index (χ1) is 9.28. The van der Waals surface area contributed by atoms with Crippen LogP contribution in [0.1, 0.15) is 33.6 Å². The number of amidine groups is 1. The quantitative estimate of drug-likeness (QED) is 0.329. The van der Waals surface area contributed by atoms with E-state index in [-0.39, 0.29) is 17.8 Å². The molecule has 0 aliphatic heterocycles. The second-order valence-corrected chi connectivity index (χ2v) is 6.28. The minimum absolute atomic E-state index is 0.0113. The molecule has 0 bridgehead atoms. The van der Waals surface area contributed by atoms with E-state index >= 15 is 0 Å². The molecule has 1 atom stereocenters. The van der Waals surface area contributed by atoms with Gasteiger partial charge in [-0.2, -0.15) is 0 Å². The molecule has 1 saturated carbocycles. The van der Waals surface area contributed by atoms with E-state index in [1.54, 1.807) is 0 Å². The maximum atomic E-state index is 12.9. The monoisotopic (exact) mass is 284 g/mol. The van der Waals surface area contributed by atoms with Gasteiger partial charge >= 0.3 is 0 Å². The molecule has 1 rings (SSSR count). The Bertz CT molecular complexity index is 375. The lowest BCUT2D eigenvalue weighted by Gasteiger charge is -2.47. The number of oxime groups is 1. The Hall–Kier alpha value is -1.30. The van der Waals surface area contributed by atoms with Crippen molar-refractivity contribution in [3.05, 3.63) is 0 Å². The van der Waals surface area contributed by atoms with Gasteiger partial charge in [-0.15, -0.1) is 0 Å². The minimum atomic E-state index is -0.801. The van der Waals surface area contributed by atoms with Crippen molar-refractivity contribution in [1.29, 1.82) is 0 Å². The molecule has 20 heavy (non-hydrogen) atoms. The van der Waals surface area contributed by atoms with Gasteiger partial charge in [0, 0.05) is 19.1 Å². The molecule has 1 aliphatic rings. The third-order valence-corrected chi connectivity index (χ3v) is 4.16. The van der Waals surface area contributed by atoms with Crippen LogP contribution in [0.25, 0.3) is 0 Å². The molecule has 0 aromatic carbocycles. The molecule has 0 heterocycles. The summed E-state index contributed by atoms with van der Waals surface area (Å²) in [7, 11) is 3.97. The summed E-state index contributed by atoms with van der Waals surface area (Å²) in [5.74, 6) is 0.473. The van der Waals surface area contributed by atoms with Crippen molar-refractivity contribution in [1.82, 2.24) is 9.80 Å². The molecule has 0 spiro atoms. The van der Waals surface area contributed by atoms with Crippen LogP contribution in [-0.2, 0) is 4.79 Å². The summed E-state index contributed by atoms with van der Waals surface area (Å²) in [4.78, 5) is 16.8. The maximum Gasteiger partial charge on any atom is 0.236 e. The van der Waals surface area contributed by atoms with Crippen LogP contribution in [0.15, 0.2) is 5.16 Å². The number of hydrogen-bond acceptors (Lipinski definition) is 4. The molecule has 6 heteroatoms. The fraction of sp³-hybridized carbons (Fsp3) is 0.857. The zero-order chi connectivity index (χ0) is 15.5. The Morgan fingerprint density at radius 1 is 1.50 bits per heavy atom. The third-order valence-electron chi connectivity index (χ3n) is 4.16. The number of amides is 1. The van der Waals surface area contributed by atoms with Crippen LogP contribution < -0.4 is 5.73 Å². The van der Waals surface area contributed by atoms with Gasteiger partial charge in [0.1, 0.15) is 5.41 Å². The van der Waals surface area contributed by atoms with E-state index in [9.17, 15) is 4.79 Å². The van der Waals surface area contributed by atoms with Crippen molar-refractivity contribution < 1.29 is 10.0 Å². The summed E-state index contributed by atoms with van der Waals surface area (Å²) in [6, 6.07) is 0.0989. The average Bonchev–Trinajstić information content (AvgIpc) is 2.33. The summed E-state index contributed by atoms with van der Waals surface area (Å²) in [5, 5.41) is 12.1. The van der Waals surface area contributed by atoms with E-state index in [0.717, 1.165) is 6.54 Å². The predicted molar refractivity (Wildman–Crippen MR) is 79.6 cm³/mol. The average molecular weight is 284 g/mol. The molecule has 1 amide bonds. The lowest BCUT2D eigenvalue weighted by Crippen LogP contribution is -2.60. The SMILES string of the molecule is CCN(C(=O)C1(C(N)=NO)CC(C)C1)C(C)CN(C)C. The lowest BCUT2D eigenvalue weighted by atomic mass is 9.61. The highest BCUT2D eigenvalue weighted by atomic mass is 16.4. The fourth-order valence-electron chi connectivity index (χ4n) is 3.28. The van der Waals surface area contributed by atoms with Gasteiger partial charge < -0.3 is 20.7 Å². The van der Waals surface area contributed by atoms with Crippen molar-refractivity contribution >= 4 is 11.7 Å². The van der Waals surface area contributed by atoms with Gasteiger partial charge in [0.15, 0.2) is 5.84 Å². The van der Waals surface area contributed by atoms with E-state index in [0.29, 0.717) is 25.3 Å². The summed E-state index contributed by atoms with van der Waals surface area (Å²) < 4.78 is 0. The summed E-state index contributed by atoms with van der Waals surface area (Å²) in [6.45, 7) is 7.50. The molecule has 1 aliphatic carbocycles. The van der Waals surface area contributed by atoms with Crippen LogP contribution in [0.4, 0.5) is 0 Å². The van der Waals surface area contributed by atoms with Gasteiger partial charge in [-0.25, -0.2) is 0 Å². The van der Waals surface area contributed by atoms with Crippen LogP contribution in [0.2, 0.25) is 0 Å². The zero-order valence-electron chi connectivity index (χ0n) is 13.3. The highest BCUT2D eigenvalue weighted by Gasteiger charge is 2.54. The number of hydrogen-bond donors (Lipinski definition) is 2. The smallest absolute Gasteiger partial charge is 0.236 e. The Balaban J connectivity index is 2.94. The third kappa shape index (κ3) is 3.06.